The van der Waals surface area contributed by atoms with E-state index in [1.165, 1.54) is 12.1 Å². The van der Waals surface area contributed by atoms with Crippen LogP contribution >= 0.6 is 0 Å². The van der Waals surface area contributed by atoms with Crippen molar-refractivity contribution in [2.24, 2.45) is 0 Å². The first-order valence-electron chi connectivity index (χ1n) is 8.75. The van der Waals surface area contributed by atoms with Gasteiger partial charge in [-0.15, -0.1) is 0 Å². The van der Waals surface area contributed by atoms with Crippen LogP contribution in [0.4, 0.5) is 4.39 Å². The summed E-state index contributed by atoms with van der Waals surface area (Å²) < 4.78 is 17.6. The van der Waals surface area contributed by atoms with Crippen LogP contribution in [0.1, 0.15) is 17.7 Å². The van der Waals surface area contributed by atoms with Crippen LogP contribution in [0.3, 0.4) is 0 Å². The van der Waals surface area contributed by atoms with Crippen LogP contribution in [0, 0.1) is 12.7 Å². The number of aryl methyl sites for hydroxylation is 1. The number of aromatic nitrogens is 1. The van der Waals surface area contributed by atoms with Gasteiger partial charge >= 0.3 is 0 Å². The summed E-state index contributed by atoms with van der Waals surface area (Å²) in [5.41, 5.74) is 2.72. The Kier molecular flexibility index (Phi) is 8.39. The molecule has 0 radical (unpaired) electrons. The van der Waals surface area contributed by atoms with E-state index in [1.807, 2.05) is 43.3 Å². The number of amides is 2. The number of nitrogens with one attached hydrogen (secondary N) is 2. The molecule has 2 amide bonds. The molecule has 6 nitrogen and oxygen atoms in total. The lowest BCUT2D eigenvalue weighted by atomic mass is 10.1. The molecular weight excluding hydrogens is 361 g/mol. The topological polar surface area (TPSA) is 84.2 Å². The van der Waals surface area contributed by atoms with Gasteiger partial charge in [0, 0.05) is 31.1 Å². The van der Waals surface area contributed by atoms with Crippen molar-refractivity contribution in [1.29, 1.82) is 0 Å². The maximum absolute atomic E-state index is 12.6. The molecule has 1 aromatic heterocycles. The van der Waals surface area contributed by atoms with Crippen LogP contribution in [0.2, 0.25) is 0 Å². The predicted octanol–water partition coefficient (Wildman–Crippen LogP) is 3.23. The molecule has 7 heteroatoms. The molecule has 0 unspecified atom stereocenters. The number of hydrogen-bond donors (Lipinski definition) is 2. The van der Waals surface area contributed by atoms with Crippen LogP contribution in [0.15, 0.2) is 65.2 Å². The van der Waals surface area contributed by atoms with Crippen molar-refractivity contribution in [3.63, 3.8) is 0 Å². The van der Waals surface area contributed by atoms with Gasteiger partial charge in [-0.05, 0) is 36.8 Å². The van der Waals surface area contributed by atoms with Gasteiger partial charge in [0.2, 0.25) is 12.3 Å². The third kappa shape index (κ3) is 7.41. The SMILES string of the molecule is Cc1cc(-c2ccc(F)cc2)on1.O=CNCCC(=O)NCc1ccccc1. The highest BCUT2D eigenvalue weighted by molar-refractivity contribution is 5.76. The molecule has 0 saturated heterocycles. The van der Waals surface area contributed by atoms with Crippen molar-refractivity contribution >= 4 is 12.3 Å². The Morgan fingerprint density at radius 3 is 2.46 bits per heavy atom. The fourth-order valence-corrected chi connectivity index (χ4v) is 2.24. The van der Waals surface area contributed by atoms with E-state index < -0.39 is 0 Å². The van der Waals surface area contributed by atoms with Gasteiger partial charge in [-0.3, -0.25) is 9.59 Å². The molecule has 2 aromatic carbocycles. The first kappa shape index (κ1) is 20.8. The van der Waals surface area contributed by atoms with E-state index in [-0.39, 0.29) is 11.7 Å². The Balaban J connectivity index is 0.000000202. The maximum atomic E-state index is 12.6. The quantitative estimate of drug-likeness (QED) is 0.485. The summed E-state index contributed by atoms with van der Waals surface area (Å²) in [5.74, 6) is 0.352. The fraction of sp³-hybridized carbons (Fsp3) is 0.190. The summed E-state index contributed by atoms with van der Waals surface area (Å²) in [7, 11) is 0. The van der Waals surface area contributed by atoms with E-state index >= 15 is 0 Å². The van der Waals surface area contributed by atoms with Gasteiger partial charge in [-0.2, -0.15) is 0 Å². The smallest absolute Gasteiger partial charge is 0.222 e. The Morgan fingerprint density at radius 1 is 1.14 bits per heavy atom. The Labute approximate surface area is 162 Å². The molecule has 0 atom stereocenters. The highest BCUT2D eigenvalue weighted by Gasteiger charge is 2.03. The molecule has 2 N–H and O–H groups in total. The highest BCUT2D eigenvalue weighted by Crippen LogP contribution is 2.19. The summed E-state index contributed by atoms with van der Waals surface area (Å²) >= 11 is 0. The van der Waals surface area contributed by atoms with Gasteiger partial charge in [-0.1, -0.05) is 35.5 Å². The average molecular weight is 383 g/mol. The van der Waals surface area contributed by atoms with E-state index in [0.717, 1.165) is 16.8 Å². The summed E-state index contributed by atoms with van der Waals surface area (Å²) in [6.07, 6.45) is 0.899. The maximum Gasteiger partial charge on any atom is 0.222 e. The monoisotopic (exact) mass is 383 g/mol. The summed E-state index contributed by atoms with van der Waals surface area (Å²) in [6, 6.07) is 17.6. The van der Waals surface area contributed by atoms with E-state index in [0.29, 0.717) is 31.7 Å². The van der Waals surface area contributed by atoms with Gasteiger partial charge in [0.25, 0.3) is 0 Å². The fourth-order valence-electron chi connectivity index (χ4n) is 2.24. The Hall–Kier alpha value is -3.48. The second-order valence-electron chi connectivity index (χ2n) is 5.92. The molecule has 0 saturated carbocycles. The van der Waals surface area contributed by atoms with Crippen molar-refractivity contribution < 1.29 is 18.5 Å². The van der Waals surface area contributed by atoms with Gasteiger partial charge in [0.15, 0.2) is 5.76 Å². The van der Waals surface area contributed by atoms with E-state index in [1.54, 1.807) is 12.1 Å². The Morgan fingerprint density at radius 2 is 1.86 bits per heavy atom. The van der Waals surface area contributed by atoms with Gasteiger partial charge in [0.1, 0.15) is 5.82 Å². The molecule has 0 fully saturated rings. The van der Waals surface area contributed by atoms with Crippen LogP contribution in [0.25, 0.3) is 11.3 Å². The molecule has 146 valence electrons. The first-order chi connectivity index (χ1) is 13.6. The van der Waals surface area contributed by atoms with Crippen molar-refractivity contribution in [2.75, 3.05) is 6.54 Å². The lowest BCUT2D eigenvalue weighted by Crippen LogP contribution is -2.26. The zero-order chi connectivity index (χ0) is 20.2. The molecule has 1 heterocycles. The normalized spacial score (nSPS) is 9.79. The largest absolute Gasteiger partial charge is 0.358 e. The van der Waals surface area contributed by atoms with Gasteiger partial charge < -0.3 is 15.2 Å². The van der Waals surface area contributed by atoms with Crippen LogP contribution in [-0.2, 0) is 16.1 Å². The number of carbonyl (C=O) groups is 2. The average Bonchev–Trinajstić information content (AvgIpc) is 3.15. The minimum Gasteiger partial charge on any atom is -0.358 e. The molecule has 3 rings (SSSR count). The van der Waals surface area contributed by atoms with E-state index in [4.69, 9.17) is 4.52 Å². The molecule has 0 bridgehead atoms. The van der Waals surface area contributed by atoms with Crippen LogP contribution in [-0.4, -0.2) is 24.0 Å². The molecular formula is C21H22FN3O3. The first-order valence-corrected chi connectivity index (χ1v) is 8.75. The minimum atomic E-state index is -0.250. The lowest BCUT2D eigenvalue weighted by molar-refractivity contribution is -0.121. The standard InChI is InChI=1S/C11H14N2O2.C10H8FNO/c14-9-12-7-6-11(15)13-8-10-4-2-1-3-5-10;1-7-6-10(13-12-7)8-2-4-9(11)5-3-8/h1-5,9H,6-8H2,(H,12,14)(H,13,15);2-6H,1H3. The number of hydrogen-bond acceptors (Lipinski definition) is 4. The van der Waals surface area contributed by atoms with Crippen LogP contribution in [0.5, 0.6) is 0 Å². The Bertz CT molecular complexity index is 864. The molecule has 3 aromatic rings. The zero-order valence-electron chi connectivity index (χ0n) is 15.5. The second kappa shape index (κ2) is 11.3. The number of benzene rings is 2. The molecule has 0 aliphatic carbocycles. The van der Waals surface area contributed by atoms with Crippen molar-refractivity contribution in [2.45, 2.75) is 19.9 Å². The van der Waals surface area contributed by atoms with E-state index in [9.17, 15) is 14.0 Å². The molecule has 28 heavy (non-hydrogen) atoms. The van der Waals surface area contributed by atoms with E-state index in [2.05, 4.69) is 15.8 Å². The van der Waals surface area contributed by atoms with Gasteiger partial charge in [-0.25, -0.2) is 4.39 Å². The molecule has 0 spiro atoms. The summed E-state index contributed by atoms with van der Waals surface area (Å²) in [6.45, 7) is 2.75. The summed E-state index contributed by atoms with van der Waals surface area (Å²) in [4.78, 5) is 21.1. The third-order valence-corrected chi connectivity index (χ3v) is 3.67. The predicted molar refractivity (Wildman–Crippen MR) is 104 cm³/mol. The van der Waals surface area contributed by atoms with Gasteiger partial charge in [0.05, 0.1) is 5.69 Å². The van der Waals surface area contributed by atoms with Crippen molar-refractivity contribution in [1.82, 2.24) is 15.8 Å². The number of carbonyl (C=O) groups excluding carboxylic acids is 2. The number of halogens is 1. The highest BCUT2D eigenvalue weighted by atomic mass is 19.1. The molecule has 0 aliphatic heterocycles. The molecule has 0 aliphatic rings. The van der Waals surface area contributed by atoms with Crippen molar-refractivity contribution in [3.8, 4) is 11.3 Å². The number of nitrogens with zero attached hydrogens (tertiary/aromatic N) is 1. The second-order valence-corrected chi connectivity index (χ2v) is 5.92. The summed E-state index contributed by atoms with van der Waals surface area (Å²) in [5, 5.41) is 8.95. The lowest BCUT2D eigenvalue weighted by Gasteiger charge is -2.04. The number of rotatable bonds is 7. The third-order valence-electron chi connectivity index (χ3n) is 3.67. The zero-order valence-corrected chi connectivity index (χ0v) is 15.5. The minimum absolute atomic E-state index is 0.0618. The van der Waals surface area contributed by atoms with Crippen molar-refractivity contribution in [3.05, 3.63) is 77.7 Å². The van der Waals surface area contributed by atoms with Crippen LogP contribution < -0.4 is 10.6 Å².